The summed E-state index contributed by atoms with van der Waals surface area (Å²) in [5.41, 5.74) is 0. The quantitative estimate of drug-likeness (QED) is 0.841. The molecule has 3 rings (SSSR count). The van der Waals surface area contributed by atoms with Crippen LogP contribution < -0.4 is 5.32 Å². The van der Waals surface area contributed by atoms with Gasteiger partial charge in [0.05, 0.1) is 0 Å². The lowest BCUT2D eigenvalue weighted by atomic mass is 9.78. The summed E-state index contributed by atoms with van der Waals surface area (Å²) < 4.78 is 0. The van der Waals surface area contributed by atoms with Crippen LogP contribution >= 0.6 is 0 Å². The maximum absolute atomic E-state index is 3.47. The average Bonchev–Trinajstić information content (AvgIpc) is 2.48. The number of piperazine rings is 1. The van der Waals surface area contributed by atoms with E-state index in [1.807, 2.05) is 0 Å². The van der Waals surface area contributed by atoms with E-state index in [2.05, 4.69) is 49.7 Å². The lowest BCUT2D eigenvalue weighted by molar-refractivity contribution is 0.0961. The van der Waals surface area contributed by atoms with E-state index >= 15 is 0 Å². The van der Waals surface area contributed by atoms with Crippen LogP contribution in [0.2, 0.25) is 0 Å². The molecular formula is C21H43N3. The number of hydrogen-bond donors (Lipinski definition) is 1. The van der Waals surface area contributed by atoms with E-state index in [1.165, 1.54) is 71.4 Å². The van der Waals surface area contributed by atoms with Crippen molar-refractivity contribution in [3.8, 4) is 0 Å². The fourth-order valence-corrected chi connectivity index (χ4v) is 4.24. The van der Waals surface area contributed by atoms with E-state index in [1.54, 1.807) is 0 Å². The van der Waals surface area contributed by atoms with Crippen molar-refractivity contribution in [1.82, 2.24) is 15.1 Å². The summed E-state index contributed by atoms with van der Waals surface area (Å²) >= 11 is 0. The van der Waals surface area contributed by atoms with E-state index in [0.29, 0.717) is 0 Å². The van der Waals surface area contributed by atoms with Crippen LogP contribution in [0.4, 0.5) is 0 Å². The van der Waals surface area contributed by atoms with Crippen LogP contribution in [0.3, 0.4) is 0 Å². The molecular weight excluding hydrogens is 294 g/mol. The molecule has 3 fully saturated rings. The van der Waals surface area contributed by atoms with Crippen LogP contribution in [0.1, 0.15) is 66.7 Å². The second-order valence-electron chi connectivity index (χ2n) is 9.06. The second kappa shape index (κ2) is 10.1. The maximum Gasteiger partial charge on any atom is 0.0193 e. The SMILES string of the molecule is CC(C)C1CCC1.CC(C)N1CCC(CN2CCNC[C@@H]2C)CC1. The van der Waals surface area contributed by atoms with Crippen molar-refractivity contribution in [2.45, 2.75) is 78.8 Å². The highest BCUT2D eigenvalue weighted by atomic mass is 15.2. The highest BCUT2D eigenvalue weighted by Gasteiger charge is 2.25. The summed E-state index contributed by atoms with van der Waals surface area (Å²) in [6.45, 7) is 19.2. The average molecular weight is 338 g/mol. The summed E-state index contributed by atoms with van der Waals surface area (Å²) in [6, 6.07) is 1.46. The number of hydrogen-bond acceptors (Lipinski definition) is 3. The topological polar surface area (TPSA) is 18.5 Å². The van der Waals surface area contributed by atoms with Crippen molar-refractivity contribution < 1.29 is 0 Å². The molecule has 1 saturated carbocycles. The molecule has 0 aromatic rings. The number of likely N-dealkylation sites (tertiary alicyclic amines) is 1. The van der Waals surface area contributed by atoms with Crippen LogP contribution in [-0.2, 0) is 0 Å². The van der Waals surface area contributed by atoms with Gasteiger partial charge >= 0.3 is 0 Å². The Hall–Kier alpha value is -0.120. The number of piperidine rings is 1. The first kappa shape index (κ1) is 20.2. The summed E-state index contributed by atoms with van der Waals surface area (Å²) in [6.07, 6.45) is 7.28. The normalized spacial score (nSPS) is 27.9. The van der Waals surface area contributed by atoms with Gasteiger partial charge in [0.25, 0.3) is 0 Å². The Balaban J connectivity index is 0.000000249. The molecule has 0 amide bonds. The third-order valence-electron chi connectivity index (χ3n) is 6.60. The minimum atomic E-state index is 0.729. The summed E-state index contributed by atoms with van der Waals surface area (Å²) in [5, 5.41) is 3.47. The van der Waals surface area contributed by atoms with E-state index in [-0.39, 0.29) is 0 Å². The minimum Gasteiger partial charge on any atom is -0.314 e. The number of rotatable bonds is 4. The first-order valence-electron chi connectivity index (χ1n) is 10.7. The molecule has 3 heteroatoms. The molecule has 2 aliphatic heterocycles. The monoisotopic (exact) mass is 337 g/mol. The van der Waals surface area contributed by atoms with Gasteiger partial charge in [-0.15, -0.1) is 0 Å². The van der Waals surface area contributed by atoms with Gasteiger partial charge in [-0.3, -0.25) is 4.90 Å². The molecule has 0 aromatic heterocycles. The van der Waals surface area contributed by atoms with Gasteiger partial charge in [-0.1, -0.05) is 33.1 Å². The second-order valence-corrected chi connectivity index (χ2v) is 9.06. The van der Waals surface area contributed by atoms with Gasteiger partial charge in [0.15, 0.2) is 0 Å². The van der Waals surface area contributed by atoms with Gasteiger partial charge in [0.1, 0.15) is 0 Å². The molecule has 0 aromatic carbocycles. The van der Waals surface area contributed by atoms with Gasteiger partial charge in [0.2, 0.25) is 0 Å². The lowest BCUT2D eigenvalue weighted by Gasteiger charge is -2.40. The first-order valence-corrected chi connectivity index (χ1v) is 10.7. The highest BCUT2D eigenvalue weighted by Crippen LogP contribution is 2.32. The van der Waals surface area contributed by atoms with Crippen molar-refractivity contribution in [3.63, 3.8) is 0 Å². The minimum absolute atomic E-state index is 0.729. The summed E-state index contributed by atoms with van der Waals surface area (Å²) in [4.78, 5) is 5.31. The lowest BCUT2D eigenvalue weighted by Crippen LogP contribution is -2.52. The Kier molecular flexibility index (Phi) is 8.53. The zero-order valence-electron chi connectivity index (χ0n) is 17.1. The molecule has 0 radical (unpaired) electrons. The van der Waals surface area contributed by atoms with Gasteiger partial charge in [-0.2, -0.15) is 0 Å². The van der Waals surface area contributed by atoms with Crippen molar-refractivity contribution in [2.75, 3.05) is 39.3 Å². The Bertz CT molecular complexity index is 330. The van der Waals surface area contributed by atoms with E-state index in [4.69, 9.17) is 0 Å². The largest absolute Gasteiger partial charge is 0.314 e. The molecule has 2 heterocycles. The molecule has 0 spiro atoms. The number of nitrogens with one attached hydrogen (secondary N) is 1. The van der Waals surface area contributed by atoms with Crippen molar-refractivity contribution in [2.24, 2.45) is 17.8 Å². The fourth-order valence-electron chi connectivity index (χ4n) is 4.24. The molecule has 3 aliphatic rings. The van der Waals surface area contributed by atoms with Crippen molar-refractivity contribution in [3.05, 3.63) is 0 Å². The molecule has 0 unspecified atom stereocenters. The van der Waals surface area contributed by atoms with E-state index in [9.17, 15) is 0 Å². The molecule has 3 nitrogen and oxygen atoms in total. The van der Waals surface area contributed by atoms with Crippen LogP contribution in [0.25, 0.3) is 0 Å². The molecule has 2 saturated heterocycles. The van der Waals surface area contributed by atoms with Crippen LogP contribution in [0.15, 0.2) is 0 Å². The highest BCUT2D eigenvalue weighted by molar-refractivity contribution is 4.81. The third-order valence-corrected chi connectivity index (χ3v) is 6.60. The van der Waals surface area contributed by atoms with Crippen LogP contribution in [-0.4, -0.2) is 61.2 Å². The maximum atomic E-state index is 3.47. The molecule has 24 heavy (non-hydrogen) atoms. The zero-order valence-corrected chi connectivity index (χ0v) is 17.1. The van der Waals surface area contributed by atoms with Gasteiger partial charge in [0, 0.05) is 38.3 Å². The Labute approximate surface area is 151 Å². The Morgan fingerprint density at radius 1 is 0.958 bits per heavy atom. The predicted molar refractivity (Wildman–Crippen MR) is 106 cm³/mol. The van der Waals surface area contributed by atoms with Crippen molar-refractivity contribution in [1.29, 1.82) is 0 Å². The standard InChI is InChI=1S/C14H29N3.C7H14/c1-12(2)16-7-4-14(5-8-16)11-17-9-6-15-10-13(17)3;1-6(2)7-4-3-5-7/h12-15H,4-11H2,1-3H3;6-7H,3-5H2,1-2H3/t13-;/m0./s1. The van der Waals surface area contributed by atoms with Crippen LogP contribution in [0, 0.1) is 17.8 Å². The smallest absolute Gasteiger partial charge is 0.0193 e. The summed E-state index contributed by atoms with van der Waals surface area (Å²) in [7, 11) is 0. The first-order chi connectivity index (χ1) is 11.5. The predicted octanol–water partition coefficient (Wildman–Crippen LogP) is 3.84. The van der Waals surface area contributed by atoms with Crippen molar-refractivity contribution >= 4 is 0 Å². The number of nitrogens with zero attached hydrogens (tertiary/aromatic N) is 2. The van der Waals surface area contributed by atoms with Crippen LogP contribution in [0.5, 0.6) is 0 Å². The molecule has 1 atom stereocenters. The van der Waals surface area contributed by atoms with Gasteiger partial charge < -0.3 is 10.2 Å². The Morgan fingerprint density at radius 3 is 2.04 bits per heavy atom. The molecule has 1 aliphatic carbocycles. The van der Waals surface area contributed by atoms with Gasteiger partial charge in [-0.25, -0.2) is 0 Å². The molecule has 1 N–H and O–H groups in total. The molecule has 0 bridgehead atoms. The van der Waals surface area contributed by atoms with E-state index < -0.39 is 0 Å². The Morgan fingerprint density at radius 2 is 1.62 bits per heavy atom. The van der Waals surface area contributed by atoms with E-state index in [0.717, 1.165) is 29.8 Å². The third kappa shape index (κ3) is 6.31. The summed E-state index contributed by atoms with van der Waals surface area (Å²) in [5.74, 6) is 2.97. The zero-order chi connectivity index (χ0) is 17.5. The fraction of sp³-hybridized carbons (Fsp3) is 1.00. The van der Waals surface area contributed by atoms with Gasteiger partial charge in [-0.05, 0) is 64.5 Å². The molecule has 142 valence electrons.